The molecule has 0 unspecified atom stereocenters. The fourth-order valence-corrected chi connectivity index (χ4v) is 2.76. The minimum atomic E-state index is -0.244. The third-order valence-electron chi connectivity index (χ3n) is 3.56. The second kappa shape index (κ2) is 9.54. The van der Waals surface area contributed by atoms with Gasteiger partial charge in [-0.15, -0.1) is 0 Å². The fraction of sp³-hybridized carbons (Fsp3) is 0.316. The molecule has 0 aromatic heterocycles. The van der Waals surface area contributed by atoms with Crippen molar-refractivity contribution >= 4 is 29.1 Å². The molecule has 1 amide bonds. The van der Waals surface area contributed by atoms with Crippen molar-refractivity contribution in [3.05, 3.63) is 57.6 Å². The highest BCUT2D eigenvalue weighted by Crippen LogP contribution is 2.28. The number of hydrogen-bond acceptors (Lipinski definition) is 3. The first-order chi connectivity index (χ1) is 12.0. The van der Waals surface area contributed by atoms with Crippen LogP contribution in [0, 0.1) is 0 Å². The zero-order valence-electron chi connectivity index (χ0n) is 14.3. The van der Waals surface area contributed by atoms with Crippen LogP contribution in [0.4, 0.5) is 0 Å². The number of methoxy groups -OCH3 is 1. The molecular formula is C19H21Cl2NO3. The first-order valence-corrected chi connectivity index (χ1v) is 8.83. The lowest BCUT2D eigenvalue weighted by Gasteiger charge is -2.12. The van der Waals surface area contributed by atoms with Gasteiger partial charge in [-0.25, -0.2) is 0 Å². The summed E-state index contributed by atoms with van der Waals surface area (Å²) in [6, 6.07) is 10.3. The van der Waals surface area contributed by atoms with Crippen LogP contribution < -0.4 is 14.8 Å². The number of halogens is 2. The van der Waals surface area contributed by atoms with Crippen LogP contribution in [0.25, 0.3) is 0 Å². The van der Waals surface area contributed by atoms with Crippen LogP contribution in [0.2, 0.25) is 10.0 Å². The Labute approximate surface area is 158 Å². The van der Waals surface area contributed by atoms with E-state index >= 15 is 0 Å². The number of hydrogen-bond donors (Lipinski definition) is 1. The highest BCUT2D eigenvalue weighted by atomic mass is 35.5. The Hall–Kier alpha value is -1.91. The molecule has 0 heterocycles. The summed E-state index contributed by atoms with van der Waals surface area (Å²) in [4.78, 5) is 12.2. The van der Waals surface area contributed by atoms with Crippen molar-refractivity contribution in [2.45, 2.75) is 26.3 Å². The van der Waals surface area contributed by atoms with Crippen LogP contribution in [-0.4, -0.2) is 19.6 Å². The Morgan fingerprint density at radius 2 is 1.80 bits per heavy atom. The van der Waals surface area contributed by atoms with Gasteiger partial charge in [-0.1, -0.05) is 42.6 Å². The van der Waals surface area contributed by atoms with E-state index in [9.17, 15) is 4.79 Å². The molecule has 0 saturated carbocycles. The summed E-state index contributed by atoms with van der Waals surface area (Å²) in [6.45, 7) is 3.12. The largest absolute Gasteiger partial charge is 0.493 e. The van der Waals surface area contributed by atoms with Crippen molar-refractivity contribution in [2.24, 2.45) is 0 Å². The van der Waals surface area contributed by atoms with Gasteiger partial charge in [0.05, 0.1) is 13.7 Å². The van der Waals surface area contributed by atoms with Gasteiger partial charge in [-0.3, -0.25) is 4.79 Å². The Morgan fingerprint density at radius 1 is 1.08 bits per heavy atom. The van der Waals surface area contributed by atoms with Gasteiger partial charge < -0.3 is 14.8 Å². The van der Waals surface area contributed by atoms with Crippen LogP contribution >= 0.6 is 23.2 Å². The zero-order valence-corrected chi connectivity index (χ0v) is 15.8. The lowest BCUT2D eigenvalue weighted by atomic mass is 10.1. The average Bonchev–Trinajstić information content (AvgIpc) is 2.59. The molecular weight excluding hydrogens is 361 g/mol. The number of carbonyl (C=O) groups is 1. The van der Waals surface area contributed by atoms with Crippen molar-refractivity contribution in [3.63, 3.8) is 0 Å². The van der Waals surface area contributed by atoms with Crippen LogP contribution in [-0.2, 0) is 6.54 Å². The lowest BCUT2D eigenvalue weighted by Crippen LogP contribution is -2.22. The standard InChI is InChI=1S/C19H21Cl2NO3/c1-3-4-7-25-17-6-5-13(8-18(17)24-2)12-22-19(23)14-9-15(20)11-16(21)10-14/h5-6,8-11H,3-4,7,12H2,1-2H3,(H,22,23). The Kier molecular flexibility index (Phi) is 7.41. The first-order valence-electron chi connectivity index (χ1n) is 8.07. The van der Waals surface area contributed by atoms with Crippen LogP contribution in [0.1, 0.15) is 35.7 Å². The van der Waals surface area contributed by atoms with E-state index in [1.54, 1.807) is 25.3 Å². The molecule has 0 aliphatic rings. The number of benzene rings is 2. The van der Waals surface area contributed by atoms with Gasteiger partial charge in [0.1, 0.15) is 0 Å². The topological polar surface area (TPSA) is 47.6 Å². The number of rotatable bonds is 8. The van der Waals surface area contributed by atoms with Crippen molar-refractivity contribution in [1.82, 2.24) is 5.32 Å². The highest BCUT2D eigenvalue weighted by Gasteiger charge is 2.10. The predicted octanol–water partition coefficient (Wildman–Crippen LogP) is 5.11. The molecule has 134 valence electrons. The second-order valence-corrected chi connectivity index (χ2v) is 6.40. The summed E-state index contributed by atoms with van der Waals surface area (Å²) in [5.74, 6) is 1.10. The molecule has 0 spiro atoms. The van der Waals surface area contributed by atoms with Crippen LogP contribution in [0.5, 0.6) is 11.5 Å². The summed E-state index contributed by atoms with van der Waals surface area (Å²) in [5.41, 5.74) is 1.32. The minimum Gasteiger partial charge on any atom is -0.493 e. The number of nitrogens with one attached hydrogen (secondary N) is 1. The normalized spacial score (nSPS) is 10.4. The molecule has 0 bridgehead atoms. The third kappa shape index (κ3) is 5.83. The zero-order chi connectivity index (χ0) is 18.2. The summed E-state index contributed by atoms with van der Waals surface area (Å²) in [6.07, 6.45) is 2.06. The van der Waals surface area contributed by atoms with Gasteiger partial charge in [-0.05, 0) is 42.3 Å². The molecule has 2 aromatic carbocycles. The summed E-state index contributed by atoms with van der Waals surface area (Å²) < 4.78 is 11.1. The van der Waals surface area contributed by atoms with Crippen molar-refractivity contribution < 1.29 is 14.3 Å². The first kappa shape index (κ1) is 19.4. The molecule has 0 atom stereocenters. The lowest BCUT2D eigenvalue weighted by molar-refractivity contribution is 0.0951. The molecule has 4 nitrogen and oxygen atoms in total. The Morgan fingerprint density at radius 3 is 2.44 bits per heavy atom. The van der Waals surface area contributed by atoms with Crippen LogP contribution in [0.15, 0.2) is 36.4 Å². The molecule has 0 saturated heterocycles. The van der Waals surface area contributed by atoms with E-state index in [0.717, 1.165) is 18.4 Å². The van der Waals surface area contributed by atoms with Gasteiger partial charge in [0.2, 0.25) is 0 Å². The fourth-order valence-electron chi connectivity index (χ4n) is 2.24. The van der Waals surface area contributed by atoms with E-state index in [-0.39, 0.29) is 5.91 Å². The van der Waals surface area contributed by atoms with E-state index in [0.29, 0.717) is 40.3 Å². The smallest absolute Gasteiger partial charge is 0.251 e. The van der Waals surface area contributed by atoms with Gasteiger partial charge in [0, 0.05) is 22.2 Å². The number of unbranched alkanes of at least 4 members (excludes halogenated alkanes) is 1. The van der Waals surface area contributed by atoms with Gasteiger partial charge in [-0.2, -0.15) is 0 Å². The number of amides is 1. The maximum absolute atomic E-state index is 12.2. The highest BCUT2D eigenvalue weighted by molar-refractivity contribution is 6.35. The second-order valence-electron chi connectivity index (χ2n) is 5.53. The summed E-state index contributed by atoms with van der Waals surface area (Å²) in [5, 5.41) is 3.69. The SMILES string of the molecule is CCCCOc1ccc(CNC(=O)c2cc(Cl)cc(Cl)c2)cc1OC. The molecule has 2 rings (SSSR count). The molecule has 0 aliphatic carbocycles. The van der Waals surface area contributed by atoms with E-state index in [1.807, 2.05) is 18.2 Å². The minimum absolute atomic E-state index is 0.244. The maximum atomic E-state index is 12.2. The predicted molar refractivity (Wildman–Crippen MR) is 101 cm³/mol. The molecule has 1 N–H and O–H groups in total. The molecule has 25 heavy (non-hydrogen) atoms. The molecule has 0 fully saturated rings. The number of ether oxygens (including phenoxy) is 2. The van der Waals surface area contributed by atoms with Crippen molar-refractivity contribution in [3.8, 4) is 11.5 Å². The van der Waals surface area contributed by atoms with E-state index < -0.39 is 0 Å². The third-order valence-corrected chi connectivity index (χ3v) is 4.00. The molecule has 2 aromatic rings. The maximum Gasteiger partial charge on any atom is 0.251 e. The number of carbonyl (C=O) groups excluding carboxylic acids is 1. The monoisotopic (exact) mass is 381 g/mol. The Balaban J connectivity index is 2.01. The molecule has 6 heteroatoms. The quantitative estimate of drug-likeness (QED) is 0.646. The molecule has 0 radical (unpaired) electrons. The van der Waals surface area contributed by atoms with Crippen molar-refractivity contribution in [1.29, 1.82) is 0 Å². The van der Waals surface area contributed by atoms with E-state index in [1.165, 1.54) is 0 Å². The van der Waals surface area contributed by atoms with E-state index in [4.69, 9.17) is 32.7 Å². The average molecular weight is 382 g/mol. The Bertz CT molecular complexity index is 714. The van der Waals surface area contributed by atoms with E-state index in [2.05, 4.69) is 12.2 Å². The van der Waals surface area contributed by atoms with Gasteiger partial charge >= 0.3 is 0 Å². The van der Waals surface area contributed by atoms with Crippen molar-refractivity contribution in [2.75, 3.05) is 13.7 Å². The molecule has 0 aliphatic heterocycles. The van der Waals surface area contributed by atoms with Gasteiger partial charge in [0.25, 0.3) is 5.91 Å². The summed E-state index contributed by atoms with van der Waals surface area (Å²) in [7, 11) is 1.60. The van der Waals surface area contributed by atoms with Gasteiger partial charge in [0.15, 0.2) is 11.5 Å². The van der Waals surface area contributed by atoms with Crippen LogP contribution in [0.3, 0.4) is 0 Å². The summed E-state index contributed by atoms with van der Waals surface area (Å²) >= 11 is 11.9.